The minimum atomic E-state index is -4.46. The molecule has 0 saturated carbocycles. The fraction of sp³-hybridized carbons (Fsp3) is 0.259. The largest absolute Gasteiger partial charge is 0.416 e. The normalized spacial score (nSPS) is 14.7. The summed E-state index contributed by atoms with van der Waals surface area (Å²) in [6, 6.07) is 10.0. The number of amides is 2. The van der Waals surface area contributed by atoms with Crippen LogP contribution in [0.25, 0.3) is 0 Å². The molecule has 2 amide bonds. The zero-order chi connectivity index (χ0) is 27.9. The van der Waals surface area contributed by atoms with Gasteiger partial charge in [-0.05, 0) is 42.0 Å². The molecule has 3 heterocycles. The Bertz CT molecular complexity index is 1510. The second-order valence-corrected chi connectivity index (χ2v) is 10.0. The first-order chi connectivity index (χ1) is 18.4. The summed E-state index contributed by atoms with van der Waals surface area (Å²) in [7, 11) is 0. The van der Waals surface area contributed by atoms with E-state index in [-0.39, 0.29) is 24.7 Å². The number of nitrogens with zero attached hydrogens (tertiary/aromatic N) is 4. The van der Waals surface area contributed by atoms with Crippen molar-refractivity contribution in [2.45, 2.75) is 38.5 Å². The van der Waals surface area contributed by atoms with Gasteiger partial charge in [0.2, 0.25) is 0 Å². The second kappa shape index (κ2) is 9.68. The highest BCUT2D eigenvalue weighted by Gasteiger charge is 2.41. The van der Waals surface area contributed by atoms with Crippen LogP contribution in [-0.4, -0.2) is 43.2 Å². The lowest BCUT2D eigenvalue weighted by Crippen LogP contribution is -2.46. The molecule has 1 aliphatic heterocycles. The Morgan fingerprint density at radius 1 is 1.08 bits per heavy atom. The number of anilines is 1. The molecule has 2 aromatic heterocycles. The van der Waals surface area contributed by atoms with E-state index >= 15 is 0 Å². The average molecular weight is 541 g/mol. The van der Waals surface area contributed by atoms with Gasteiger partial charge in [0.1, 0.15) is 5.82 Å². The predicted molar refractivity (Wildman–Crippen MR) is 133 cm³/mol. The first kappa shape index (κ1) is 26.1. The molecule has 1 aliphatic rings. The molecule has 0 atom stereocenters. The molecule has 0 fully saturated rings. The lowest BCUT2D eigenvalue weighted by atomic mass is 9.81. The molecule has 0 unspecified atom stereocenters. The van der Waals surface area contributed by atoms with Crippen LogP contribution >= 0.6 is 0 Å². The molecular weight excluding hydrogens is 516 g/mol. The molecular formula is C27H24F4N6O2. The van der Waals surface area contributed by atoms with Crippen LogP contribution in [0.4, 0.5) is 23.2 Å². The van der Waals surface area contributed by atoms with E-state index in [2.05, 4.69) is 20.6 Å². The number of carbonyl (C=O) groups is 2. The number of H-pyrrole nitrogens is 1. The Morgan fingerprint density at radius 2 is 1.77 bits per heavy atom. The number of aromatic amines is 1. The van der Waals surface area contributed by atoms with Crippen LogP contribution in [-0.2, 0) is 24.7 Å². The summed E-state index contributed by atoms with van der Waals surface area (Å²) >= 11 is 0. The van der Waals surface area contributed by atoms with Crippen molar-refractivity contribution >= 4 is 17.5 Å². The smallest absolute Gasteiger partial charge is 0.333 e. The van der Waals surface area contributed by atoms with Crippen molar-refractivity contribution in [1.29, 1.82) is 0 Å². The maximum atomic E-state index is 13.4. The summed E-state index contributed by atoms with van der Waals surface area (Å²) in [6.45, 7) is 4.33. The summed E-state index contributed by atoms with van der Waals surface area (Å²) in [4.78, 5) is 28.2. The van der Waals surface area contributed by atoms with Gasteiger partial charge in [-0.15, -0.1) is 0 Å². The van der Waals surface area contributed by atoms with Gasteiger partial charge in [-0.3, -0.25) is 19.4 Å². The van der Waals surface area contributed by atoms with Crippen LogP contribution in [0.2, 0.25) is 0 Å². The van der Waals surface area contributed by atoms with Gasteiger partial charge in [0.15, 0.2) is 5.69 Å². The Labute approximate surface area is 220 Å². The Balaban J connectivity index is 1.54. The van der Waals surface area contributed by atoms with Gasteiger partial charge in [0.05, 0.1) is 36.1 Å². The molecule has 39 heavy (non-hydrogen) atoms. The average Bonchev–Trinajstić information content (AvgIpc) is 3.53. The van der Waals surface area contributed by atoms with Crippen LogP contribution in [0.5, 0.6) is 0 Å². The number of fused-ring (bicyclic) bond motifs is 1. The number of halogens is 4. The van der Waals surface area contributed by atoms with E-state index in [1.807, 2.05) is 13.8 Å². The van der Waals surface area contributed by atoms with E-state index in [9.17, 15) is 27.2 Å². The summed E-state index contributed by atoms with van der Waals surface area (Å²) in [5, 5.41) is 13.7. The van der Waals surface area contributed by atoms with Crippen molar-refractivity contribution < 1.29 is 27.2 Å². The van der Waals surface area contributed by atoms with E-state index in [1.165, 1.54) is 48.8 Å². The molecule has 0 radical (unpaired) electrons. The lowest BCUT2D eigenvalue weighted by Gasteiger charge is -2.38. The van der Waals surface area contributed by atoms with E-state index in [0.717, 1.165) is 12.1 Å². The summed E-state index contributed by atoms with van der Waals surface area (Å²) < 4.78 is 54.1. The predicted octanol–water partition coefficient (Wildman–Crippen LogP) is 5.00. The Hall–Kier alpha value is -4.48. The minimum Gasteiger partial charge on any atom is -0.333 e. The number of benzene rings is 2. The quantitative estimate of drug-likeness (QED) is 0.349. The lowest BCUT2D eigenvalue weighted by molar-refractivity contribution is -0.137. The number of aromatic nitrogens is 4. The SMILES string of the molecule is CC1(C)CN(C(=O)c2cn[nH]c2)Cc2c(C(=O)Nc3ccc(F)cc3)nn(Cc3ccc(C(F)(F)F)cc3)c21. The number of hydrogen-bond acceptors (Lipinski definition) is 4. The molecule has 4 aromatic rings. The Kier molecular flexibility index (Phi) is 6.49. The van der Waals surface area contributed by atoms with Gasteiger partial charge in [-0.1, -0.05) is 26.0 Å². The zero-order valence-corrected chi connectivity index (χ0v) is 21.0. The molecule has 5 rings (SSSR count). The topological polar surface area (TPSA) is 95.9 Å². The third-order valence-electron chi connectivity index (χ3n) is 6.59. The van der Waals surface area contributed by atoms with E-state index < -0.39 is 28.9 Å². The third-order valence-corrected chi connectivity index (χ3v) is 6.59. The standard InChI is InChI=1S/C27H24F4N6O2/c1-26(2)15-36(25(39)17-11-32-33-12-17)14-21-22(24(38)34-20-9-7-19(28)8-10-20)35-37(23(21)26)13-16-3-5-18(6-4-16)27(29,30)31/h3-12H,13-15H2,1-2H3,(H,32,33)(H,34,38). The molecule has 2 aromatic carbocycles. The van der Waals surface area contributed by atoms with Crippen molar-refractivity contribution in [2.24, 2.45) is 0 Å². The highest BCUT2D eigenvalue weighted by atomic mass is 19.4. The molecule has 0 saturated heterocycles. The van der Waals surface area contributed by atoms with Gasteiger partial charge < -0.3 is 10.2 Å². The van der Waals surface area contributed by atoms with Gasteiger partial charge in [0.25, 0.3) is 11.8 Å². The van der Waals surface area contributed by atoms with Crippen molar-refractivity contribution in [1.82, 2.24) is 24.9 Å². The summed E-state index contributed by atoms with van der Waals surface area (Å²) in [5.41, 5.74) is 1.14. The summed E-state index contributed by atoms with van der Waals surface area (Å²) in [6.07, 6.45) is -1.55. The third kappa shape index (κ3) is 5.27. The molecule has 202 valence electrons. The van der Waals surface area contributed by atoms with E-state index in [0.29, 0.717) is 34.6 Å². The molecule has 2 N–H and O–H groups in total. The van der Waals surface area contributed by atoms with Crippen LogP contribution in [0.3, 0.4) is 0 Å². The van der Waals surface area contributed by atoms with Crippen LogP contribution in [0, 0.1) is 5.82 Å². The van der Waals surface area contributed by atoms with E-state index in [1.54, 1.807) is 9.58 Å². The highest BCUT2D eigenvalue weighted by molar-refractivity contribution is 6.04. The fourth-order valence-corrected chi connectivity index (χ4v) is 4.89. The number of hydrogen-bond donors (Lipinski definition) is 2. The highest BCUT2D eigenvalue weighted by Crippen LogP contribution is 2.37. The number of carbonyl (C=O) groups excluding carboxylic acids is 2. The van der Waals surface area contributed by atoms with Crippen molar-refractivity contribution in [2.75, 3.05) is 11.9 Å². The summed E-state index contributed by atoms with van der Waals surface area (Å²) in [5.74, 6) is -1.29. The van der Waals surface area contributed by atoms with Crippen LogP contribution in [0.1, 0.15) is 57.1 Å². The first-order valence-electron chi connectivity index (χ1n) is 12.0. The van der Waals surface area contributed by atoms with Gasteiger partial charge in [0, 0.05) is 29.4 Å². The molecule has 8 nitrogen and oxygen atoms in total. The fourth-order valence-electron chi connectivity index (χ4n) is 4.89. The molecule has 0 aliphatic carbocycles. The van der Waals surface area contributed by atoms with Crippen LogP contribution < -0.4 is 5.32 Å². The Morgan fingerprint density at radius 3 is 2.38 bits per heavy atom. The number of nitrogens with one attached hydrogen (secondary N) is 2. The second-order valence-electron chi connectivity index (χ2n) is 10.0. The molecule has 12 heteroatoms. The van der Waals surface area contributed by atoms with Crippen LogP contribution in [0.15, 0.2) is 60.9 Å². The van der Waals surface area contributed by atoms with Crippen molar-refractivity contribution in [3.05, 3.63) is 100 Å². The number of rotatable bonds is 5. The monoisotopic (exact) mass is 540 g/mol. The zero-order valence-electron chi connectivity index (χ0n) is 21.0. The molecule has 0 spiro atoms. The number of alkyl halides is 3. The van der Waals surface area contributed by atoms with E-state index in [4.69, 9.17) is 0 Å². The first-order valence-corrected chi connectivity index (χ1v) is 12.0. The van der Waals surface area contributed by atoms with Crippen molar-refractivity contribution in [3.63, 3.8) is 0 Å². The van der Waals surface area contributed by atoms with Crippen molar-refractivity contribution in [3.8, 4) is 0 Å². The molecule has 0 bridgehead atoms. The minimum absolute atomic E-state index is 0.0685. The maximum Gasteiger partial charge on any atom is 0.416 e. The van der Waals surface area contributed by atoms with Gasteiger partial charge >= 0.3 is 6.18 Å². The van der Waals surface area contributed by atoms with Gasteiger partial charge in [-0.2, -0.15) is 23.4 Å². The van der Waals surface area contributed by atoms with Gasteiger partial charge in [-0.25, -0.2) is 4.39 Å². The maximum absolute atomic E-state index is 13.4.